The van der Waals surface area contributed by atoms with Crippen LogP contribution in [0.15, 0.2) is 11.1 Å². The van der Waals surface area contributed by atoms with E-state index in [2.05, 4.69) is 20.3 Å². The van der Waals surface area contributed by atoms with Crippen LogP contribution < -0.4 is 27.7 Å². The number of carbonyl (C=O) groups is 4. The van der Waals surface area contributed by atoms with Crippen LogP contribution in [0, 0.1) is 0 Å². The lowest BCUT2D eigenvalue weighted by Crippen LogP contribution is -2.49. The van der Waals surface area contributed by atoms with Crippen molar-refractivity contribution in [2.75, 3.05) is 23.7 Å². The second kappa shape index (κ2) is 11.8. The summed E-state index contributed by atoms with van der Waals surface area (Å²) in [6, 6.07) is -2.88. The number of nitrogen functional groups attached to an aromatic ring is 1. The summed E-state index contributed by atoms with van der Waals surface area (Å²) in [5.41, 5.74) is 6.43. The maximum absolute atomic E-state index is 12.5. The molecule has 2 amide bonds. The number of aromatic nitrogens is 4. The van der Waals surface area contributed by atoms with E-state index in [1.165, 1.54) is 0 Å². The number of hydrogen-bond donors (Lipinski definition) is 7. The molecule has 0 aliphatic rings. The van der Waals surface area contributed by atoms with Gasteiger partial charge < -0.3 is 36.9 Å². The minimum absolute atomic E-state index is 0.233. The normalized spacial score (nSPS) is 15.4. The SMILES string of the molecule is [2H]C([2H])(SC[C@H](NC(=O)CC[C@H](N)C(=O)O)C(=O)NCC(=O)O)C([2H])([2H])n1cnc2nc(N)[nH]c(=O)c21. The lowest BCUT2D eigenvalue weighted by molar-refractivity contribution is -0.139. The lowest BCUT2D eigenvalue weighted by atomic mass is 10.1. The Morgan fingerprint density at radius 1 is 1.33 bits per heavy atom. The van der Waals surface area contributed by atoms with Crippen LogP contribution in [0.25, 0.3) is 11.2 Å². The van der Waals surface area contributed by atoms with Gasteiger partial charge in [-0.2, -0.15) is 16.7 Å². The fourth-order valence-electron chi connectivity index (χ4n) is 2.39. The molecule has 0 radical (unpaired) electrons. The minimum atomic E-state index is -2.95. The maximum atomic E-state index is 12.5. The summed E-state index contributed by atoms with van der Waals surface area (Å²) in [6.45, 7) is -3.76. The first kappa shape index (κ1) is 20.0. The highest BCUT2D eigenvalue weighted by atomic mass is 32.2. The van der Waals surface area contributed by atoms with E-state index in [0.29, 0.717) is 4.57 Å². The van der Waals surface area contributed by atoms with Crippen LogP contribution in [0.1, 0.15) is 18.3 Å². The number of aryl methyl sites for hydroxylation is 1. The summed E-state index contributed by atoms with van der Waals surface area (Å²) in [6.07, 6.45) is 0.172. The van der Waals surface area contributed by atoms with Gasteiger partial charge in [-0.1, -0.05) is 0 Å². The molecular formula is C17H24N8O7S. The van der Waals surface area contributed by atoms with Crippen molar-refractivity contribution in [3.63, 3.8) is 0 Å². The molecule has 0 fully saturated rings. The molecule has 16 heteroatoms. The number of thioether (sulfide) groups is 1. The Morgan fingerprint density at radius 3 is 2.73 bits per heavy atom. The quantitative estimate of drug-likeness (QED) is 0.152. The summed E-state index contributed by atoms with van der Waals surface area (Å²) in [4.78, 5) is 68.3. The molecule has 2 aromatic rings. The molecule has 0 saturated carbocycles. The van der Waals surface area contributed by atoms with E-state index in [4.69, 9.17) is 27.2 Å². The third kappa shape index (κ3) is 7.76. The van der Waals surface area contributed by atoms with Gasteiger partial charge in [-0.25, -0.2) is 4.98 Å². The van der Waals surface area contributed by atoms with E-state index in [-0.39, 0.29) is 29.8 Å². The van der Waals surface area contributed by atoms with E-state index >= 15 is 0 Å². The molecule has 2 atom stereocenters. The van der Waals surface area contributed by atoms with Gasteiger partial charge in [0.2, 0.25) is 17.8 Å². The van der Waals surface area contributed by atoms with Crippen molar-refractivity contribution in [3.8, 4) is 0 Å². The third-order valence-electron chi connectivity index (χ3n) is 3.98. The van der Waals surface area contributed by atoms with Gasteiger partial charge in [-0.15, -0.1) is 0 Å². The number of H-pyrrole nitrogens is 1. The number of fused-ring (bicyclic) bond motifs is 1. The van der Waals surface area contributed by atoms with Crippen LogP contribution in [0.5, 0.6) is 0 Å². The Hall–Kier alpha value is -3.66. The second-order valence-electron chi connectivity index (χ2n) is 6.48. The fourth-order valence-corrected chi connectivity index (χ4v) is 3.03. The van der Waals surface area contributed by atoms with Crippen molar-refractivity contribution in [2.45, 2.75) is 31.4 Å². The number of carboxylic acid groups (broad SMARTS) is 2. The topological polar surface area (TPSA) is 248 Å². The Kier molecular flexibility index (Phi) is 7.16. The number of aromatic amines is 1. The molecule has 0 bridgehead atoms. The number of nitrogens with one attached hydrogen (secondary N) is 3. The molecule has 2 aromatic heterocycles. The Balaban J connectivity index is 2.23. The molecule has 0 aliphatic carbocycles. The first-order valence-electron chi connectivity index (χ1n) is 11.2. The number of carbonyl (C=O) groups excluding carboxylic acids is 2. The number of amides is 2. The summed E-state index contributed by atoms with van der Waals surface area (Å²) >= 11 is 0.254. The summed E-state index contributed by atoms with van der Waals surface area (Å²) in [5, 5.41) is 21.9. The highest BCUT2D eigenvalue weighted by molar-refractivity contribution is 7.99. The Labute approximate surface area is 195 Å². The monoisotopic (exact) mass is 488 g/mol. The Bertz CT molecular complexity index is 1250. The van der Waals surface area contributed by atoms with E-state index in [9.17, 15) is 24.0 Å². The third-order valence-corrected chi connectivity index (χ3v) is 4.72. The van der Waals surface area contributed by atoms with Gasteiger partial charge in [0.1, 0.15) is 18.6 Å². The number of aliphatic carboxylic acids is 2. The standard InChI is InChI=1S/C17H24N8O7S/c18-8(16(31)32)1-2-10(26)22-9(14(29)20-5-11(27)28)6-33-4-3-25-7-21-13-12(25)15(30)24-17(19)23-13/h7-9H,1-6,18H2,(H,20,29)(H,22,26)(H,27,28)(H,31,32)(H3,19,23,24,30)/t8-,9-/m0/s1/i3D2,4D2. The Morgan fingerprint density at radius 2 is 2.06 bits per heavy atom. The van der Waals surface area contributed by atoms with Gasteiger partial charge in [0.05, 0.1) is 9.07 Å². The van der Waals surface area contributed by atoms with E-state index in [1.54, 1.807) is 0 Å². The van der Waals surface area contributed by atoms with Crippen LogP contribution in [0.4, 0.5) is 5.95 Å². The number of rotatable bonds is 13. The number of nitrogens with two attached hydrogens (primary N) is 2. The highest BCUT2D eigenvalue weighted by Gasteiger charge is 2.22. The number of carboxylic acids is 2. The molecule has 180 valence electrons. The van der Waals surface area contributed by atoms with Crippen LogP contribution in [0.3, 0.4) is 0 Å². The van der Waals surface area contributed by atoms with Crippen LogP contribution in [-0.2, 0) is 25.7 Å². The molecule has 0 aliphatic heterocycles. The molecule has 0 saturated heterocycles. The van der Waals surface area contributed by atoms with Crippen molar-refractivity contribution < 1.29 is 34.9 Å². The zero-order valence-corrected chi connectivity index (χ0v) is 17.7. The number of nitrogens with zero attached hydrogens (tertiary/aromatic N) is 3. The van der Waals surface area contributed by atoms with Crippen molar-refractivity contribution in [2.24, 2.45) is 5.73 Å². The lowest BCUT2D eigenvalue weighted by Gasteiger charge is -2.18. The molecule has 0 unspecified atom stereocenters. The predicted molar refractivity (Wildman–Crippen MR) is 117 cm³/mol. The van der Waals surface area contributed by atoms with E-state index in [0.717, 1.165) is 6.33 Å². The molecule has 33 heavy (non-hydrogen) atoms. The van der Waals surface area contributed by atoms with Gasteiger partial charge in [0.25, 0.3) is 5.56 Å². The first-order chi connectivity index (χ1) is 17.1. The van der Waals surface area contributed by atoms with Crippen molar-refractivity contribution in [1.29, 1.82) is 0 Å². The molecule has 2 rings (SSSR count). The molecule has 0 spiro atoms. The van der Waals surface area contributed by atoms with E-state index < -0.39 is 77.8 Å². The first-order valence-corrected chi connectivity index (χ1v) is 10.2. The van der Waals surface area contributed by atoms with Gasteiger partial charge >= 0.3 is 11.9 Å². The summed E-state index contributed by atoms with van der Waals surface area (Å²) < 4.78 is 33.9. The average molecular weight is 489 g/mol. The minimum Gasteiger partial charge on any atom is -0.480 e. The highest BCUT2D eigenvalue weighted by Crippen LogP contribution is 2.10. The smallest absolute Gasteiger partial charge is 0.322 e. The molecule has 9 N–H and O–H groups in total. The molecule has 0 aromatic carbocycles. The van der Waals surface area contributed by atoms with Crippen LogP contribution in [-0.4, -0.2) is 83.6 Å². The molecule has 15 nitrogen and oxygen atoms in total. The molecule has 2 heterocycles. The largest absolute Gasteiger partial charge is 0.480 e. The number of hydrogen-bond acceptors (Lipinski definition) is 10. The zero-order valence-electron chi connectivity index (χ0n) is 20.9. The van der Waals surface area contributed by atoms with Crippen molar-refractivity contribution in [3.05, 3.63) is 16.7 Å². The number of imidazole rings is 1. The fraction of sp³-hybridized carbons (Fsp3) is 0.471. The maximum Gasteiger partial charge on any atom is 0.322 e. The predicted octanol–water partition coefficient (Wildman–Crippen LogP) is -2.69. The number of anilines is 1. The summed E-state index contributed by atoms with van der Waals surface area (Å²) in [5.74, 6) is -5.44. The summed E-state index contributed by atoms with van der Waals surface area (Å²) in [7, 11) is 0. The van der Waals surface area contributed by atoms with Crippen LogP contribution >= 0.6 is 11.8 Å². The van der Waals surface area contributed by atoms with Crippen molar-refractivity contribution >= 4 is 52.6 Å². The second-order valence-corrected chi connectivity index (χ2v) is 7.30. The van der Waals surface area contributed by atoms with Crippen molar-refractivity contribution in [1.82, 2.24) is 30.2 Å². The van der Waals surface area contributed by atoms with Gasteiger partial charge in [-0.3, -0.25) is 29.0 Å². The van der Waals surface area contributed by atoms with E-state index in [1.807, 2.05) is 5.32 Å². The zero-order chi connectivity index (χ0) is 28.1. The van der Waals surface area contributed by atoms with Gasteiger partial charge in [-0.05, 0) is 6.42 Å². The van der Waals surface area contributed by atoms with Gasteiger partial charge in [0.15, 0.2) is 11.2 Å². The molecular weight excluding hydrogens is 460 g/mol. The van der Waals surface area contributed by atoms with Gasteiger partial charge in [0, 0.05) is 27.1 Å². The average Bonchev–Trinajstić information content (AvgIpc) is 3.23. The van der Waals surface area contributed by atoms with Crippen LogP contribution in [0.2, 0.25) is 0 Å².